The molecule has 0 bridgehead atoms. The summed E-state index contributed by atoms with van der Waals surface area (Å²) in [6.45, 7) is 6.51. The Hall–Kier alpha value is -0.120. The molecule has 2 aliphatic heterocycles. The fourth-order valence-electron chi connectivity index (χ4n) is 2.12. The van der Waals surface area contributed by atoms with Crippen LogP contribution in [0.2, 0.25) is 0 Å². The van der Waals surface area contributed by atoms with Gasteiger partial charge in [-0.2, -0.15) is 0 Å². The van der Waals surface area contributed by atoms with Crippen LogP contribution in [0.5, 0.6) is 0 Å². The van der Waals surface area contributed by atoms with Crippen LogP contribution in [0.15, 0.2) is 0 Å². The molecular formula is C9H18N2O. The largest absolute Gasteiger partial charge is 0.378 e. The van der Waals surface area contributed by atoms with E-state index in [2.05, 4.69) is 24.2 Å². The lowest BCUT2D eigenvalue weighted by atomic mass is 10.00. The minimum Gasteiger partial charge on any atom is -0.378 e. The van der Waals surface area contributed by atoms with Crippen molar-refractivity contribution < 1.29 is 4.74 Å². The molecule has 2 aliphatic rings. The number of nitrogens with zero attached hydrogens (tertiary/aromatic N) is 1. The van der Waals surface area contributed by atoms with E-state index in [0.717, 1.165) is 13.2 Å². The van der Waals surface area contributed by atoms with Gasteiger partial charge in [-0.05, 0) is 26.9 Å². The average Bonchev–Trinajstić information content (AvgIpc) is 2.24. The zero-order valence-corrected chi connectivity index (χ0v) is 7.97. The van der Waals surface area contributed by atoms with Gasteiger partial charge in [0.25, 0.3) is 0 Å². The van der Waals surface area contributed by atoms with E-state index in [-0.39, 0.29) is 0 Å². The monoisotopic (exact) mass is 170 g/mol. The maximum absolute atomic E-state index is 5.14. The molecule has 0 spiro atoms. The van der Waals surface area contributed by atoms with Crippen LogP contribution in [0, 0.1) is 0 Å². The molecule has 1 N–H and O–H groups in total. The fourth-order valence-corrected chi connectivity index (χ4v) is 2.12. The predicted molar refractivity (Wildman–Crippen MR) is 48.3 cm³/mol. The van der Waals surface area contributed by atoms with E-state index in [4.69, 9.17) is 4.74 Å². The zero-order chi connectivity index (χ0) is 8.60. The molecule has 0 saturated carbocycles. The topological polar surface area (TPSA) is 24.5 Å². The molecular weight excluding hydrogens is 152 g/mol. The van der Waals surface area contributed by atoms with Crippen LogP contribution in [0.1, 0.15) is 13.3 Å². The van der Waals surface area contributed by atoms with Gasteiger partial charge in [-0.3, -0.25) is 0 Å². The molecule has 3 heteroatoms. The summed E-state index contributed by atoms with van der Waals surface area (Å²) in [5.41, 5.74) is 0.337. The summed E-state index contributed by atoms with van der Waals surface area (Å²) in [6, 6.07) is 0.612. The minimum atomic E-state index is 0.337. The number of hydrogen-bond donors (Lipinski definition) is 1. The molecule has 2 rings (SSSR count). The molecule has 0 unspecified atom stereocenters. The second-order valence-electron chi connectivity index (χ2n) is 4.43. The Labute approximate surface area is 74.1 Å². The van der Waals surface area contributed by atoms with Crippen molar-refractivity contribution in [1.29, 1.82) is 0 Å². The number of nitrogens with one attached hydrogen (secondary N) is 1. The first-order valence-electron chi connectivity index (χ1n) is 4.72. The summed E-state index contributed by atoms with van der Waals surface area (Å²) in [5, 5.41) is 3.66. The van der Waals surface area contributed by atoms with Crippen LogP contribution in [0.3, 0.4) is 0 Å². The van der Waals surface area contributed by atoms with Gasteiger partial charge in [0, 0.05) is 12.1 Å². The second kappa shape index (κ2) is 2.98. The number of rotatable bonds is 2. The van der Waals surface area contributed by atoms with Gasteiger partial charge >= 0.3 is 0 Å². The van der Waals surface area contributed by atoms with Gasteiger partial charge in [0.1, 0.15) is 0 Å². The Balaban J connectivity index is 1.84. The van der Waals surface area contributed by atoms with E-state index in [1.54, 1.807) is 0 Å². The van der Waals surface area contributed by atoms with Gasteiger partial charge in [0.15, 0.2) is 0 Å². The van der Waals surface area contributed by atoms with E-state index in [9.17, 15) is 0 Å². The van der Waals surface area contributed by atoms with Crippen LogP contribution in [0.25, 0.3) is 0 Å². The van der Waals surface area contributed by atoms with Gasteiger partial charge in [0.2, 0.25) is 0 Å². The number of ether oxygens (including phenoxy) is 1. The summed E-state index contributed by atoms with van der Waals surface area (Å²) >= 11 is 0. The Morgan fingerprint density at radius 3 is 2.67 bits per heavy atom. The highest BCUT2D eigenvalue weighted by Crippen LogP contribution is 2.21. The Morgan fingerprint density at radius 1 is 1.50 bits per heavy atom. The van der Waals surface area contributed by atoms with Crippen LogP contribution >= 0.6 is 0 Å². The molecule has 70 valence electrons. The predicted octanol–water partition coefficient (Wildman–Crippen LogP) is 0.0690. The molecule has 3 nitrogen and oxygen atoms in total. The van der Waals surface area contributed by atoms with E-state index < -0.39 is 0 Å². The summed E-state index contributed by atoms with van der Waals surface area (Å²) in [5.74, 6) is 0. The lowest BCUT2D eigenvalue weighted by molar-refractivity contribution is -0.0171. The van der Waals surface area contributed by atoms with Gasteiger partial charge in [-0.15, -0.1) is 0 Å². The molecule has 0 radical (unpaired) electrons. The van der Waals surface area contributed by atoms with Crippen molar-refractivity contribution in [2.45, 2.75) is 24.9 Å². The standard InChI is InChI=1S/C9H18N2O/c1-9(3-4-11(2)7-9)10-8-5-12-6-8/h8,10H,3-7H2,1-2H3/t9-/m0/s1. The van der Waals surface area contributed by atoms with Crippen molar-refractivity contribution in [3.05, 3.63) is 0 Å². The molecule has 2 heterocycles. The highest BCUT2D eigenvalue weighted by atomic mass is 16.5. The summed E-state index contributed by atoms with van der Waals surface area (Å²) < 4.78 is 5.14. The molecule has 1 atom stereocenters. The quantitative estimate of drug-likeness (QED) is 0.634. The third-order valence-electron chi connectivity index (χ3n) is 2.85. The fraction of sp³-hybridized carbons (Fsp3) is 1.00. The molecule has 0 aromatic rings. The SMILES string of the molecule is CN1CC[C@](C)(NC2COC2)C1. The van der Waals surface area contributed by atoms with Crippen LogP contribution in [0.4, 0.5) is 0 Å². The van der Waals surface area contributed by atoms with Crippen LogP contribution in [-0.4, -0.2) is 49.8 Å². The van der Waals surface area contributed by atoms with Gasteiger partial charge in [-0.1, -0.05) is 0 Å². The number of likely N-dealkylation sites (N-methyl/N-ethyl adjacent to an activating group) is 1. The lowest BCUT2D eigenvalue weighted by Crippen LogP contribution is -2.57. The van der Waals surface area contributed by atoms with Crippen molar-refractivity contribution in [2.75, 3.05) is 33.4 Å². The molecule has 2 fully saturated rings. The normalized spacial score (nSPS) is 38.5. The second-order valence-corrected chi connectivity index (χ2v) is 4.43. The number of likely N-dealkylation sites (tertiary alicyclic amines) is 1. The number of hydrogen-bond acceptors (Lipinski definition) is 3. The van der Waals surface area contributed by atoms with Gasteiger partial charge < -0.3 is 15.0 Å². The average molecular weight is 170 g/mol. The van der Waals surface area contributed by atoms with Crippen LogP contribution < -0.4 is 5.32 Å². The molecule has 12 heavy (non-hydrogen) atoms. The van der Waals surface area contributed by atoms with Gasteiger partial charge in [0.05, 0.1) is 19.3 Å². The third-order valence-corrected chi connectivity index (χ3v) is 2.85. The first-order chi connectivity index (χ1) is 5.68. The highest BCUT2D eigenvalue weighted by molar-refractivity contribution is 4.95. The van der Waals surface area contributed by atoms with Crippen molar-refractivity contribution in [2.24, 2.45) is 0 Å². The first kappa shape index (κ1) is 8.48. The Morgan fingerprint density at radius 2 is 2.25 bits per heavy atom. The van der Waals surface area contributed by atoms with E-state index >= 15 is 0 Å². The molecule has 0 aromatic carbocycles. The lowest BCUT2D eigenvalue weighted by Gasteiger charge is -2.36. The van der Waals surface area contributed by atoms with Crippen molar-refractivity contribution >= 4 is 0 Å². The van der Waals surface area contributed by atoms with Crippen LogP contribution in [-0.2, 0) is 4.74 Å². The van der Waals surface area contributed by atoms with E-state index in [1.165, 1.54) is 19.5 Å². The smallest absolute Gasteiger partial charge is 0.0643 e. The molecule has 0 aromatic heterocycles. The highest BCUT2D eigenvalue weighted by Gasteiger charge is 2.35. The maximum atomic E-state index is 5.14. The Kier molecular flexibility index (Phi) is 2.10. The summed E-state index contributed by atoms with van der Waals surface area (Å²) in [6.07, 6.45) is 1.26. The first-order valence-corrected chi connectivity index (χ1v) is 4.72. The van der Waals surface area contributed by atoms with Crippen molar-refractivity contribution in [3.63, 3.8) is 0 Å². The third kappa shape index (κ3) is 1.63. The van der Waals surface area contributed by atoms with E-state index in [0.29, 0.717) is 11.6 Å². The van der Waals surface area contributed by atoms with Crippen molar-refractivity contribution in [3.8, 4) is 0 Å². The summed E-state index contributed by atoms with van der Waals surface area (Å²) in [4.78, 5) is 2.38. The van der Waals surface area contributed by atoms with Crippen molar-refractivity contribution in [1.82, 2.24) is 10.2 Å². The minimum absolute atomic E-state index is 0.337. The van der Waals surface area contributed by atoms with Gasteiger partial charge in [-0.25, -0.2) is 0 Å². The Bertz CT molecular complexity index is 170. The van der Waals surface area contributed by atoms with E-state index in [1.807, 2.05) is 0 Å². The molecule has 2 saturated heterocycles. The molecule has 0 amide bonds. The zero-order valence-electron chi connectivity index (χ0n) is 7.97. The molecule has 0 aliphatic carbocycles. The maximum Gasteiger partial charge on any atom is 0.0643 e. The summed E-state index contributed by atoms with van der Waals surface area (Å²) in [7, 11) is 2.18.